The normalized spacial score (nSPS) is 10.9. The molecule has 62 valence electrons. The van der Waals surface area contributed by atoms with Crippen molar-refractivity contribution in [3.63, 3.8) is 0 Å². The molecule has 0 radical (unpaired) electrons. The molecule has 0 amide bonds. The standard InChI is InChI=1S/C6H4ClIN4/c1-12-6-3(2-9-12)4(7)5(8)10-11-6/h2H,1H3. The van der Waals surface area contributed by atoms with Crippen molar-refractivity contribution in [1.82, 2.24) is 20.0 Å². The summed E-state index contributed by atoms with van der Waals surface area (Å²) in [6.07, 6.45) is 1.69. The predicted octanol–water partition coefficient (Wildman–Crippen LogP) is 1.62. The summed E-state index contributed by atoms with van der Waals surface area (Å²) in [5.41, 5.74) is 0.709. The molecular weight excluding hydrogens is 290 g/mol. The average molecular weight is 294 g/mol. The SMILES string of the molecule is Cn1ncc2c(Cl)c(I)nnc21. The van der Waals surface area contributed by atoms with E-state index in [1.165, 1.54) is 0 Å². The molecule has 0 aliphatic heterocycles. The Bertz CT molecular complexity index is 438. The Morgan fingerprint density at radius 1 is 1.50 bits per heavy atom. The van der Waals surface area contributed by atoms with Crippen molar-refractivity contribution < 1.29 is 0 Å². The molecule has 0 fully saturated rings. The molecule has 0 saturated carbocycles. The minimum absolute atomic E-state index is 0.619. The van der Waals surface area contributed by atoms with E-state index in [0.717, 1.165) is 5.39 Å². The first kappa shape index (κ1) is 8.18. The van der Waals surface area contributed by atoms with Crippen molar-refractivity contribution in [3.05, 3.63) is 14.9 Å². The maximum absolute atomic E-state index is 5.98. The first-order chi connectivity index (χ1) is 5.70. The van der Waals surface area contributed by atoms with Gasteiger partial charge in [-0.1, -0.05) is 11.6 Å². The Morgan fingerprint density at radius 2 is 2.25 bits per heavy atom. The Hall–Kier alpha value is -0.430. The molecule has 2 heterocycles. The van der Waals surface area contributed by atoms with Crippen LogP contribution in [0.25, 0.3) is 11.0 Å². The fourth-order valence-corrected chi connectivity index (χ4v) is 1.52. The zero-order valence-corrected chi connectivity index (χ0v) is 9.04. The van der Waals surface area contributed by atoms with Gasteiger partial charge in [-0.25, -0.2) is 4.68 Å². The van der Waals surface area contributed by atoms with Gasteiger partial charge in [0.1, 0.15) is 3.70 Å². The van der Waals surface area contributed by atoms with Crippen molar-refractivity contribution in [1.29, 1.82) is 0 Å². The molecule has 0 unspecified atom stereocenters. The van der Waals surface area contributed by atoms with Crippen LogP contribution in [0, 0.1) is 3.70 Å². The molecule has 2 aromatic rings. The number of nitrogens with zero attached hydrogens (tertiary/aromatic N) is 4. The third-order valence-electron chi connectivity index (χ3n) is 1.56. The summed E-state index contributed by atoms with van der Waals surface area (Å²) in [5, 5.41) is 13.3. The topological polar surface area (TPSA) is 43.6 Å². The predicted molar refractivity (Wildman–Crippen MR) is 54.0 cm³/mol. The molecule has 2 rings (SSSR count). The van der Waals surface area contributed by atoms with Gasteiger partial charge in [-0.2, -0.15) is 5.10 Å². The van der Waals surface area contributed by atoms with E-state index in [1.54, 1.807) is 17.9 Å². The molecule has 4 nitrogen and oxygen atoms in total. The zero-order chi connectivity index (χ0) is 8.72. The molecular formula is C6H4ClIN4. The van der Waals surface area contributed by atoms with Crippen molar-refractivity contribution in [2.75, 3.05) is 0 Å². The second kappa shape index (κ2) is 2.81. The fourth-order valence-electron chi connectivity index (χ4n) is 0.951. The molecule has 12 heavy (non-hydrogen) atoms. The van der Waals surface area contributed by atoms with Gasteiger partial charge in [0.15, 0.2) is 5.65 Å². The third-order valence-corrected chi connectivity index (χ3v) is 3.01. The van der Waals surface area contributed by atoms with Gasteiger partial charge in [0, 0.05) is 7.05 Å². The van der Waals surface area contributed by atoms with Gasteiger partial charge < -0.3 is 0 Å². The summed E-state index contributed by atoms with van der Waals surface area (Å²) >= 11 is 8.02. The Labute approximate surface area is 87.1 Å². The zero-order valence-electron chi connectivity index (χ0n) is 6.12. The number of fused-ring (bicyclic) bond motifs is 1. The van der Waals surface area contributed by atoms with Gasteiger partial charge in [-0.15, -0.1) is 10.2 Å². The minimum Gasteiger partial charge on any atom is -0.249 e. The molecule has 0 aliphatic rings. The van der Waals surface area contributed by atoms with Crippen molar-refractivity contribution in [2.45, 2.75) is 0 Å². The highest BCUT2D eigenvalue weighted by atomic mass is 127. The Kier molecular flexibility index (Phi) is 1.91. The van der Waals surface area contributed by atoms with E-state index in [1.807, 2.05) is 22.6 Å². The van der Waals surface area contributed by atoms with Crippen LogP contribution in [-0.4, -0.2) is 20.0 Å². The number of aryl methyl sites for hydroxylation is 1. The summed E-state index contributed by atoms with van der Waals surface area (Å²) in [6, 6.07) is 0. The quantitative estimate of drug-likeness (QED) is 0.694. The summed E-state index contributed by atoms with van der Waals surface area (Å²) in [4.78, 5) is 0. The van der Waals surface area contributed by atoms with Crippen molar-refractivity contribution >= 4 is 45.2 Å². The lowest BCUT2D eigenvalue weighted by atomic mass is 10.4. The van der Waals surface area contributed by atoms with Crippen LogP contribution in [0.15, 0.2) is 6.20 Å². The van der Waals surface area contributed by atoms with E-state index < -0.39 is 0 Å². The maximum Gasteiger partial charge on any atom is 0.181 e. The Balaban J connectivity index is 2.93. The van der Waals surface area contributed by atoms with E-state index in [4.69, 9.17) is 11.6 Å². The van der Waals surface area contributed by atoms with Gasteiger partial charge in [0.2, 0.25) is 0 Å². The molecule has 0 saturated heterocycles. The van der Waals surface area contributed by atoms with E-state index in [-0.39, 0.29) is 0 Å². The number of rotatable bonds is 0. The average Bonchev–Trinajstić information content (AvgIpc) is 2.41. The van der Waals surface area contributed by atoms with Crippen molar-refractivity contribution in [3.8, 4) is 0 Å². The highest BCUT2D eigenvalue weighted by molar-refractivity contribution is 14.1. The van der Waals surface area contributed by atoms with E-state index in [9.17, 15) is 0 Å². The molecule has 0 atom stereocenters. The monoisotopic (exact) mass is 294 g/mol. The number of hydrogen-bond acceptors (Lipinski definition) is 3. The lowest BCUT2D eigenvalue weighted by Crippen LogP contribution is -1.94. The lowest BCUT2D eigenvalue weighted by Gasteiger charge is -1.95. The van der Waals surface area contributed by atoms with Crippen LogP contribution in [0.2, 0.25) is 5.02 Å². The Morgan fingerprint density at radius 3 is 3.00 bits per heavy atom. The summed E-state index contributed by atoms with van der Waals surface area (Å²) < 4.78 is 2.35. The molecule has 2 aromatic heterocycles. The van der Waals surface area contributed by atoms with Crippen LogP contribution in [0.4, 0.5) is 0 Å². The molecule has 0 aliphatic carbocycles. The second-order valence-electron chi connectivity index (χ2n) is 2.31. The summed E-state index contributed by atoms with van der Waals surface area (Å²) in [7, 11) is 1.81. The highest BCUT2D eigenvalue weighted by Gasteiger charge is 2.08. The van der Waals surface area contributed by atoms with Crippen LogP contribution in [-0.2, 0) is 7.05 Å². The van der Waals surface area contributed by atoms with E-state index in [2.05, 4.69) is 15.3 Å². The smallest absolute Gasteiger partial charge is 0.181 e. The largest absolute Gasteiger partial charge is 0.249 e. The lowest BCUT2D eigenvalue weighted by molar-refractivity contribution is 0.776. The summed E-state index contributed by atoms with van der Waals surface area (Å²) in [5.74, 6) is 0. The van der Waals surface area contributed by atoms with Crippen LogP contribution in [0.5, 0.6) is 0 Å². The first-order valence-electron chi connectivity index (χ1n) is 3.19. The number of aromatic nitrogens is 4. The maximum atomic E-state index is 5.98. The molecule has 0 bridgehead atoms. The van der Waals surface area contributed by atoms with Gasteiger partial charge in [-0.3, -0.25) is 0 Å². The molecule has 0 spiro atoms. The van der Waals surface area contributed by atoms with Gasteiger partial charge in [0.05, 0.1) is 16.6 Å². The van der Waals surface area contributed by atoms with Crippen LogP contribution < -0.4 is 0 Å². The number of hydrogen-bond donors (Lipinski definition) is 0. The summed E-state index contributed by atoms with van der Waals surface area (Å²) in [6.45, 7) is 0. The molecule has 6 heteroatoms. The number of halogens is 2. The van der Waals surface area contributed by atoms with Crippen molar-refractivity contribution in [2.24, 2.45) is 7.05 Å². The second-order valence-corrected chi connectivity index (χ2v) is 3.71. The first-order valence-corrected chi connectivity index (χ1v) is 4.65. The van der Waals surface area contributed by atoms with Crippen LogP contribution >= 0.6 is 34.2 Å². The molecule has 0 aromatic carbocycles. The molecule has 0 N–H and O–H groups in total. The van der Waals surface area contributed by atoms with Gasteiger partial charge in [0.25, 0.3) is 0 Å². The van der Waals surface area contributed by atoms with Gasteiger partial charge >= 0.3 is 0 Å². The highest BCUT2D eigenvalue weighted by Crippen LogP contribution is 2.23. The van der Waals surface area contributed by atoms with Crippen LogP contribution in [0.3, 0.4) is 0 Å². The van der Waals surface area contributed by atoms with E-state index in [0.29, 0.717) is 14.4 Å². The minimum atomic E-state index is 0.619. The van der Waals surface area contributed by atoms with E-state index >= 15 is 0 Å². The fraction of sp³-hybridized carbons (Fsp3) is 0.167. The van der Waals surface area contributed by atoms with Gasteiger partial charge in [-0.05, 0) is 22.6 Å². The third kappa shape index (κ3) is 1.08. The van der Waals surface area contributed by atoms with Crippen LogP contribution in [0.1, 0.15) is 0 Å².